The SMILES string of the molecule is O=C1NC(=S)S/C1=C\c1ccc(-n2ccnc2)cc1. The van der Waals surface area contributed by atoms with Crippen molar-refractivity contribution in [1.29, 1.82) is 0 Å². The lowest BCUT2D eigenvalue weighted by atomic mass is 10.2. The summed E-state index contributed by atoms with van der Waals surface area (Å²) in [6.07, 6.45) is 7.19. The molecule has 0 atom stereocenters. The van der Waals surface area contributed by atoms with Crippen LogP contribution in [0.15, 0.2) is 47.9 Å². The summed E-state index contributed by atoms with van der Waals surface area (Å²) >= 11 is 6.23. The number of hydrogen-bond donors (Lipinski definition) is 1. The van der Waals surface area contributed by atoms with Crippen molar-refractivity contribution in [3.63, 3.8) is 0 Å². The van der Waals surface area contributed by atoms with Gasteiger partial charge in [0.1, 0.15) is 4.32 Å². The average molecular weight is 287 g/mol. The molecule has 2 aromatic rings. The standard InChI is InChI=1S/C13H9N3OS2/c17-12-11(19-13(18)15-12)7-9-1-3-10(4-2-9)16-6-5-14-8-16/h1-8H,(H,15,17,18)/b11-7-. The smallest absolute Gasteiger partial charge is 0.263 e. The Hall–Kier alpha value is -1.92. The van der Waals surface area contributed by atoms with Crippen LogP contribution < -0.4 is 5.32 Å². The largest absolute Gasteiger partial charge is 0.307 e. The fourth-order valence-corrected chi connectivity index (χ4v) is 2.77. The highest BCUT2D eigenvalue weighted by Gasteiger charge is 2.21. The summed E-state index contributed by atoms with van der Waals surface area (Å²) in [4.78, 5) is 16.2. The second-order valence-corrected chi connectivity index (χ2v) is 5.63. The molecule has 1 fully saturated rings. The molecule has 1 aromatic heterocycles. The molecule has 3 rings (SSSR count). The zero-order valence-corrected chi connectivity index (χ0v) is 11.4. The van der Waals surface area contributed by atoms with Crippen LogP contribution in [0, 0.1) is 0 Å². The van der Waals surface area contributed by atoms with E-state index in [4.69, 9.17) is 12.2 Å². The lowest BCUT2D eigenvalue weighted by Crippen LogP contribution is -2.17. The van der Waals surface area contributed by atoms with Gasteiger partial charge in [-0.25, -0.2) is 4.98 Å². The van der Waals surface area contributed by atoms with E-state index in [1.165, 1.54) is 11.8 Å². The Balaban J connectivity index is 1.86. The molecule has 0 aliphatic carbocycles. The molecule has 19 heavy (non-hydrogen) atoms. The minimum atomic E-state index is -0.131. The summed E-state index contributed by atoms with van der Waals surface area (Å²) in [7, 11) is 0. The van der Waals surface area contributed by atoms with Gasteiger partial charge >= 0.3 is 0 Å². The molecule has 0 radical (unpaired) electrons. The van der Waals surface area contributed by atoms with Crippen LogP contribution in [0.2, 0.25) is 0 Å². The first-order chi connectivity index (χ1) is 9.22. The summed E-state index contributed by atoms with van der Waals surface area (Å²) in [5.74, 6) is -0.131. The third-order valence-corrected chi connectivity index (χ3v) is 3.80. The number of carbonyl (C=O) groups excluding carboxylic acids is 1. The van der Waals surface area contributed by atoms with E-state index in [1.54, 1.807) is 12.5 Å². The molecule has 6 heteroatoms. The van der Waals surface area contributed by atoms with Gasteiger partial charge in [0.2, 0.25) is 0 Å². The number of thiocarbonyl (C=S) groups is 1. The van der Waals surface area contributed by atoms with Gasteiger partial charge in [-0.1, -0.05) is 36.1 Å². The van der Waals surface area contributed by atoms with Gasteiger partial charge in [0.05, 0.1) is 11.2 Å². The number of benzene rings is 1. The Morgan fingerprint density at radius 3 is 2.68 bits per heavy atom. The maximum Gasteiger partial charge on any atom is 0.263 e. The Morgan fingerprint density at radius 2 is 2.11 bits per heavy atom. The maximum atomic E-state index is 11.5. The third-order valence-electron chi connectivity index (χ3n) is 2.64. The van der Waals surface area contributed by atoms with Gasteiger partial charge < -0.3 is 9.88 Å². The van der Waals surface area contributed by atoms with Crippen molar-refractivity contribution in [1.82, 2.24) is 14.9 Å². The summed E-state index contributed by atoms with van der Waals surface area (Å²) in [6.45, 7) is 0. The number of imidazole rings is 1. The van der Waals surface area contributed by atoms with Crippen LogP contribution in [-0.2, 0) is 4.79 Å². The number of amides is 1. The van der Waals surface area contributed by atoms with E-state index in [9.17, 15) is 4.79 Å². The van der Waals surface area contributed by atoms with E-state index >= 15 is 0 Å². The fraction of sp³-hybridized carbons (Fsp3) is 0. The topological polar surface area (TPSA) is 46.9 Å². The molecule has 1 saturated heterocycles. The Morgan fingerprint density at radius 1 is 1.32 bits per heavy atom. The van der Waals surface area contributed by atoms with Crippen molar-refractivity contribution in [3.05, 3.63) is 53.5 Å². The van der Waals surface area contributed by atoms with Crippen molar-refractivity contribution >= 4 is 40.3 Å². The van der Waals surface area contributed by atoms with Gasteiger partial charge in [0.15, 0.2) is 0 Å². The quantitative estimate of drug-likeness (QED) is 0.680. The second-order valence-electron chi connectivity index (χ2n) is 3.91. The lowest BCUT2D eigenvalue weighted by Gasteiger charge is -2.02. The molecule has 0 saturated carbocycles. The van der Waals surface area contributed by atoms with Crippen LogP contribution in [0.4, 0.5) is 0 Å². The highest BCUT2D eigenvalue weighted by molar-refractivity contribution is 8.26. The van der Waals surface area contributed by atoms with E-state index in [0.29, 0.717) is 9.23 Å². The van der Waals surface area contributed by atoms with Gasteiger partial charge in [0.25, 0.3) is 5.91 Å². The molecule has 0 unspecified atom stereocenters. The summed E-state index contributed by atoms with van der Waals surface area (Å²) in [6, 6.07) is 7.86. The molecule has 1 aromatic carbocycles. The molecule has 1 amide bonds. The van der Waals surface area contributed by atoms with Crippen molar-refractivity contribution < 1.29 is 4.79 Å². The van der Waals surface area contributed by atoms with E-state index < -0.39 is 0 Å². The van der Waals surface area contributed by atoms with Crippen LogP contribution in [0.25, 0.3) is 11.8 Å². The molecule has 1 aliphatic heterocycles. The number of rotatable bonds is 2. The van der Waals surface area contributed by atoms with E-state index in [-0.39, 0.29) is 5.91 Å². The Bertz CT molecular complexity index is 660. The normalized spacial score (nSPS) is 16.9. The molecule has 0 bridgehead atoms. The van der Waals surface area contributed by atoms with Gasteiger partial charge in [0, 0.05) is 18.1 Å². The van der Waals surface area contributed by atoms with Crippen LogP contribution in [0.1, 0.15) is 5.56 Å². The first-order valence-corrected chi connectivity index (χ1v) is 6.78. The maximum absolute atomic E-state index is 11.5. The van der Waals surface area contributed by atoms with Crippen molar-refractivity contribution in [2.75, 3.05) is 0 Å². The van der Waals surface area contributed by atoms with Crippen molar-refractivity contribution in [2.24, 2.45) is 0 Å². The van der Waals surface area contributed by atoms with Gasteiger partial charge in [-0.15, -0.1) is 0 Å². The molecule has 1 N–H and O–H groups in total. The first kappa shape index (κ1) is 12.1. The lowest BCUT2D eigenvalue weighted by molar-refractivity contribution is -0.115. The minimum Gasteiger partial charge on any atom is -0.307 e. The highest BCUT2D eigenvalue weighted by atomic mass is 32.2. The first-order valence-electron chi connectivity index (χ1n) is 5.55. The molecular weight excluding hydrogens is 278 g/mol. The van der Waals surface area contributed by atoms with E-state index in [1.807, 2.05) is 41.1 Å². The van der Waals surface area contributed by atoms with Crippen LogP contribution in [0.3, 0.4) is 0 Å². The molecule has 1 aliphatic rings. The molecule has 2 heterocycles. The minimum absolute atomic E-state index is 0.131. The zero-order valence-electron chi connectivity index (χ0n) is 9.74. The summed E-state index contributed by atoms with van der Waals surface area (Å²) in [5.41, 5.74) is 1.99. The number of nitrogens with one attached hydrogen (secondary N) is 1. The summed E-state index contributed by atoms with van der Waals surface area (Å²) < 4.78 is 2.43. The second kappa shape index (κ2) is 4.99. The summed E-state index contributed by atoms with van der Waals surface area (Å²) in [5, 5.41) is 2.60. The van der Waals surface area contributed by atoms with Crippen LogP contribution in [0.5, 0.6) is 0 Å². The van der Waals surface area contributed by atoms with Crippen LogP contribution >= 0.6 is 24.0 Å². The number of hydrogen-bond acceptors (Lipinski definition) is 4. The monoisotopic (exact) mass is 287 g/mol. The number of carbonyl (C=O) groups is 1. The molecule has 94 valence electrons. The van der Waals surface area contributed by atoms with E-state index in [0.717, 1.165) is 11.3 Å². The fourth-order valence-electron chi connectivity index (χ4n) is 1.73. The highest BCUT2D eigenvalue weighted by Crippen LogP contribution is 2.26. The third kappa shape index (κ3) is 2.59. The van der Waals surface area contributed by atoms with Gasteiger partial charge in [-0.3, -0.25) is 4.79 Å². The average Bonchev–Trinajstić information content (AvgIpc) is 3.01. The molecule has 4 nitrogen and oxygen atoms in total. The predicted molar refractivity (Wildman–Crippen MR) is 79.9 cm³/mol. The zero-order chi connectivity index (χ0) is 13.2. The van der Waals surface area contributed by atoms with Gasteiger partial charge in [-0.05, 0) is 23.8 Å². The van der Waals surface area contributed by atoms with E-state index in [2.05, 4.69) is 10.3 Å². The number of nitrogens with zero attached hydrogens (tertiary/aromatic N) is 2. The Labute approximate surface area is 119 Å². The number of aromatic nitrogens is 2. The van der Waals surface area contributed by atoms with Crippen LogP contribution in [-0.4, -0.2) is 19.8 Å². The Kier molecular flexibility index (Phi) is 3.18. The molecular formula is C13H9N3OS2. The van der Waals surface area contributed by atoms with Crippen molar-refractivity contribution in [3.8, 4) is 5.69 Å². The molecule has 0 spiro atoms. The van der Waals surface area contributed by atoms with Crippen molar-refractivity contribution in [2.45, 2.75) is 0 Å². The van der Waals surface area contributed by atoms with Gasteiger partial charge in [-0.2, -0.15) is 0 Å². The predicted octanol–water partition coefficient (Wildman–Crippen LogP) is 2.36. The number of thioether (sulfide) groups is 1.